The van der Waals surface area contributed by atoms with E-state index >= 15 is 0 Å². The van der Waals surface area contributed by atoms with Crippen molar-refractivity contribution in [1.82, 2.24) is 0 Å². The number of nitriles is 1. The molecule has 4 aliphatic carbocycles. The molecular formula is C22H31NO3. The normalized spacial score (nSPS) is 40.8. The van der Waals surface area contributed by atoms with Crippen molar-refractivity contribution in [2.24, 2.45) is 17.3 Å². The van der Waals surface area contributed by atoms with E-state index in [0.717, 1.165) is 57.6 Å². The summed E-state index contributed by atoms with van der Waals surface area (Å²) in [6.07, 6.45) is 11.0. The summed E-state index contributed by atoms with van der Waals surface area (Å²) in [5.41, 5.74) is 3.58. The predicted molar refractivity (Wildman–Crippen MR) is 101 cm³/mol. The Morgan fingerprint density at radius 2 is 2.08 bits per heavy atom. The van der Waals surface area contributed by atoms with Crippen molar-refractivity contribution in [1.29, 1.82) is 5.26 Å². The molecule has 0 radical (unpaired) electrons. The van der Waals surface area contributed by atoms with Gasteiger partial charge in [0.05, 0.1) is 30.5 Å². The number of hydrogen-bond donors (Lipinski definition) is 3. The molecule has 0 aliphatic heterocycles. The Morgan fingerprint density at radius 1 is 1.35 bits per heavy atom. The van der Waals surface area contributed by atoms with Crippen LogP contribution < -0.4 is 0 Å². The SMILES string of the molecule is C=CO.C[C@]12CC=C3C4=C(CCC3C1CC[C@@]2(O)CC#N)CC(O)CC4. The minimum Gasteiger partial charge on any atom is -0.516 e. The summed E-state index contributed by atoms with van der Waals surface area (Å²) in [4.78, 5) is 0. The molecule has 26 heavy (non-hydrogen) atoms. The van der Waals surface area contributed by atoms with Crippen LogP contribution in [0.4, 0.5) is 0 Å². The van der Waals surface area contributed by atoms with E-state index in [0.29, 0.717) is 11.8 Å². The van der Waals surface area contributed by atoms with E-state index in [2.05, 4.69) is 25.6 Å². The summed E-state index contributed by atoms with van der Waals surface area (Å²) in [5, 5.41) is 37.5. The Hall–Kier alpha value is -1.57. The van der Waals surface area contributed by atoms with Gasteiger partial charge >= 0.3 is 0 Å². The zero-order valence-electron chi connectivity index (χ0n) is 15.7. The van der Waals surface area contributed by atoms with Gasteiger partial charge in [-0.15, -0.1) is 0 Å². The van der Waals surface area contributed by atoms with Crippen molar-refractivity contribution in [3.63, 3.8) is 0 Å². The summed E-state index contributed by atoms with van der Waals surface area (Å²) >= 11 is 0. The van der Waals surface area contributed by atoms with Crippen LogP contribution in [-0.2, 0) is 0 Å². The fourth-order valence-corrected chi connectivity index (χ4v) is 6.07. The van der Waals surface area contributed by atoms with Crippen LogP contribution in [0.3, 0.4) is 0 Å². The largest absolute Gasteiger partial charge is 0.516 e. The van der Waals surface area contributed by atoms with Gasteiger partial charge in [-0.25, -0.2) is 0 Å². The van der Waals surface area contributed by atoms with Crippen LogP contribution >= 0.6 is 0 Å². The van der Waals surface area contributed by atoms with Crippen LogP contribution in [0, 0.1) is 28.6 Å². The van der Waals surface area contributed by atoms with Crippen LogP contribution in [0.15, 0.2) is 35.6 Å². The van der Waals surface area contributed by atoms with Crippen molar-refractivity contribution in [2.45, 2.75) is 76.4 Å². The molecule has 0 heterocycles. The fourth-order valence-electron chi connectivity index (χ4n) is 6.07. The quantitative estimate of drug-likeness (QED) is 0.610. The molecule has 0 saturated heterocycles. The van der Waals surface area contributed by atoms with Gasteiger partial charge in [0.25, 0.3) is 0 Å². The van der Waals surface area contributed by atoms with Gasteiger partial charge in [0, 0.05) is 5.41 Å². The lowest BCUT2D eigenvalue weighted by Gasteiger charge is -2.50. The first-order valence-corrected chi connectivity index (χ1v) is 9.84. The van der Waals surface area contributed by atoms with E-state index in [1.807, 2.05) is 0 Å². The van der Waals surface area contributed by atoms with Gasteiger partial charge in [-0.05, 0) is 74.3 Å². The maximum Gasteiger partial charge on any atom is 0.0836 e. The van der Waals surface area contributed by atoms with Gasteiger partial charge in [0.2, 0.25) is 0 Å². The Labute approximate surface area is 156 Å². The Kier molecular flexibility index (Phi) is 5.33. The van der Waals surface area contributed by atoms with Crippen LogP contribution in [0.25, 0.3) is 0 Å². The van der Waals surface area contributed by atoms with E-state index in [1.165, 1.54) is 16.7 Å². The number of nitrogens with zero attached hydrogens (tertiary/aromatic N) is 1. The molecule has 0 bridgehead atoms. The Morgan fingerprint density at radius 3 is 2.77 bits per heavy atom. The van der Waals surface area contributed by atoms with E-state index in [1.54, 1.807) is 0 Å². The molecule has 1 saturated carbocycles. The van der Waals surface area contributed by atoms with Crippen molar-refractivity contribution in [3.05, 3.63) is 35.6 Å². The van der Waals surface area contributed by atoms with E-state index in [4.69, 9.17) is 10.4 Å². The van der Waals surface area contributed by atoms with Gasteiger partial charge < -0.3 is 15.3 Å². The zero-order valence-corrected chi connectivity index (χ0v) is 15.7. The fraction of sp³-hybridized carbons (Fsp3) is 0.682. The standard InChI is InChI=1S/C20H27NO2.C2H4O/c1-19-8-6-16-15-5-3-14(22)12-13(15)2-4-17(16)18(19)7-9-20(19,23)10-11-21;1-2-3/h6,14,17-18,22-23H,2-5,7-10,12H2,1H3;2-3H,1H2/t14?,17?,18?,19-,20+;/m0./s1. The number of aliphatic hydroxyl groups is 3. The number of aliphatic hydroxyl groups excluding tert-OH is 2. The minimum atomic E-state index is -0.814. The highest BCUT2D eigenvalue weighted by Gasteiger charge is 2.59. The highest BCUT2D eigenvalue weighted by atomic mass is 16.3. The molecule has 142 valence electrons. The van der Waals surface area contributed by atoms with Gasteiger partial charge in [0.1, 0.15) is 0 Å². The van der Waals surface area contributed by atoms with Crippen molar-refractivity contribution in [2.75, 3.05) is 0 Å². The van der Waals surface area contributed by atoms with Crippen LogP contribution in [-0.4, -0.2) is 27.0 Å². The molecule has 3 unspecified atom stereocenters. The third-order valence-electron chi connectivity index (χ3n) is 7.50. The third-order valence-corrected chi connectivity index (χ3v) is 7.50. The average Bonchev–Trinajstić information content (AvgIpc) is 2.87. The smallest absolute Gasteiger partial charge is 0.0836 e. The summed E-state index contributed by atoms with van der Waals surface area (Å²) in [7, 11) is 0. The van der Waals surface area contributed by atoms with Crippen LogP contribution in [0.2, 0.25) is 0 Å². The average molecular weight is 357 g/mol. The number of allylic oxidation sites excluding steroid dienone is 3. The maximum atomic E-state index is 11.1. The Bertz CT molecular complexity index is 673. The molecule has 0 spiro atoms. The molecule has 3 N–H and O–H groups in total. The minimum absolute atomic E-state index is 0.146. The maximum absolute atomic E-state index is 11.1. The van der Waals surface area contributed by atoms with E-state index in [9.17, 15) is 10.2 Å². The molecule has 0 aromatic heterocycles. The molecule has 4 rings (SSSR count). The second-order valence-corrected chi connectivity index (χ2v) is 8.60. The molecular weight excluding hydrogens is 326 g/mol. The molecule has 1 fully saturated rings. The molecule has 4 heteroatoms. The van der Waals surface area contributed by atoms with Crippen molar-refractivity contribution >= 4 is 0 Å². The summed E-state index contributed by atoms with van der Waals surface area (Å²) in [5.74, 6) is 1.05. The van der Waals surface area contributed by atoms with Crippen molar-refractivity contribution < 1.29 is 15.3 Å². The second-order valence-electron chi connectivity index (χ2n) is 8.60. The lowest BCUT2D eigenvalue weighted by Crippen LogP contribution is -2.48. The second kappa shape index (κ2) is 7.21. The highest BCUT2D eigenvalue weighted by molar-refractivity contribution is 5.44. The number of fused-ring (bicyclic) bond motifs is 4. The van der Waals surface area contributed by atoms with Gasteiger partial charge in [-0.1, -0.05) is 25.2 Å². The topological polar surface area (TPSA) is 84.5 Å². The summed E-state index contributed by atoms with van der Waals surface area (Å²) in [6.45, 7) is 5.13. The molecule has 4 nitrogen and oxygen atoms in total. The third kappa shape index (κ3) is 2.92. The first-order valence-electron chi connectivity index (χ1n) is 9.84. The first kappa shape index (κ1) is 19.2. The number of hydrogen-bond acceptors (Lipinski definition) is 4. The summed E-state index contributed by atoms with van der Waals surface area (Å²) < 4.78 is 0. The highest BCUT2D eigenvalue weighted by Crippen LogP contribution is 2.63. The van der Waals surface area contributed by atoms with Gasteiger partial charge in [0.15, 0.2) is 0 Å². The van der Waals surface area contributed by atoms with Gasteiger partial charge in [-0.2, -0.15) is 5.26 Å². The monoisotopic (exact) mass is 357 g/mol. The zero-order chi connectivity index (χ0) is 18.9. The molecule has 0 aromatic rings. The lowest BCUT2D eigenvalue weighted by molar-refractivity contribution is -0.0749. The Balaban J connectivity index is 0.000000613. The van der Waals surface area contributed by atoms with Crippen molar-refractivity contribution in [3.8, 4) is 6.07 Å². The first-order chi connectivity index (χ1) is 12.4. The molecule has 4 aliphatic rings. The predicted octanol–water partition coefficient (Wildman–Crippen LogP) is 4.32. The molecule has 5 atom stereocenters. The van der Waals surface area contributed by atoms with Crippen LogP contribution in [0.1, 0.15) is 64.7 Å². The van der Waals surface area contributed by atoms with E-state index in [-0.39, 0.29) is 17.9 Å². The van der Waals surface area contributed by atoms with E-state index < -0.39 is 5.60 Å². The molecule has 0 amide bonds. The summed E-state index contributed by atoms with van der Waals surface area (Å²) in [6, 6.07) is 2.22. The molecule has 0 aromatic carbocycles. The number of rotatable bonds is 1. The van der Waals surface area contributed by atoms with Gasteiger partial charge in [-0.3, -0.25) is 0 Å². The van der Waals surface area contributed by atoms with Crippen LogP contribution in [0.5, 0.6) is 0 Å². The lowest BCUT2D eigenvalue weighted by atomic mass is 9.56.